The van der Waals surface area contributed by atoms with E-state index in [1.165, 1.54) is 0 Å². The molecule has 0 aliphatic carbocycles. The first kappa shape index (κ1) is 14.9. The number of ether oxygens (including phenoxy) is 2. The molecule has 0 spiro atoms. The maximum atomic E-state index is 6.16. The smallest absolute Gasteiger partial charge is 0.161 e. The van der Waals surface area contributed by atoms with Gasteiger partial charge in [0.2, 0.25) is 0 Å². The zero-order chi connectivity index (χ0) is 15.9. The Labute approximate surface area is 131 Å². The minimum Gasteiger partial charge on any atom is -0.493 e. The van der Waals surface area contributed by atoms with E-state index in [-0.39, 0.29) is 6.04 Å². The van der Waals surface area contributed by atoms with Crippen LogP contribution in [0.1, 0.15) is 30.8 Å². The van der Waals surface area contributed by atoms with E-state index >= 15 is 0 Å². The van der Waals surface area contributed by atoms with E-state index < -0.39 is 0 Å². The van der Waals surface area contributed by atoms with E-state index in [0.717, 1.165) is 47.2 Å². The summed E-state index contributed by atoms with van der Waals surface area (Å²) in [6.45, 7) is 5.13. The third-order valence-electron chi connectivity index (χ3n) is 4.42. The van der Waals surface area contributed by atoms with Crippen LogP contribution in [0.4, 0.5) is 0 Å². The van der Waals surface area contributed by atoms with Gasteiger partial charge in [0.15, 0.2) is 11.5 Å². The molecule has 5 heteroatoms. The largest absolute Gasteiger partial charge is 0.493 e. The van der Waals surface area contributed by atoms with Crippen LogP contribution in [0.3, 0.4) is 0 Å². The Hall–Kier alpha value is -2.01. The van der Waals surface area contributed by atoms with Crippen LogP contribution in [0.5, 0.6) is 11.5 Å². The van der Waals surface area contributed by atoms with Gasteiger partial charge in [-0.2, -0.15) is 0 Å². The highest BCUT2D eigenvalue weighted by molar-refractivity contribution is 5.66. The van der Waals surface area contributed by atoms with Gasteiger partial charge in [0.1, 0.15) is 5.82 Å². The number of imidazole rings is 1. The fraction of sp³-hybridized carbons (Fsp3) is 0.471. The van der Waals surface area contributed by atoms with Crippen molar-refractivity contribution < 1.29 is 9.47 Å². The van der Waals surface area contributed by atoms with Crippen molar-refractivity contribution in [2.45, 2.75) is 38.8 Å². The molecule has 3 rings (SSSR count). The molecule has 0 saturated heterocycles. The molecule has 2 unspecified atom stereocenters. The third kappa shape index (κ3) is 2.35. The predicted octanol–water partition coefficient (Wildman–Crippen LogP) is 2.71. The van der Waals surface area contributed by atoms with Crippen LogP contribution in [0.25, 0.3) is 11.3 Å². The zero-order valence-corrected chi connectivity index (χ0v) is 13.6. The number of hydrogen-bond acceptors (Lipinski definition) is 4. The highest BCUT2D eigenvalue weighted by atomic mass is 16.5. The molecule has 0 amide bonds. The summed E-state index contributed by atoms with van der Waals surface area (Å²) in [5.41, 5.74) is 9.35. The number of aromatic nitrogens is 2. The standard InChI is InChI=1S/C17H23N3O2/c1-10-7-13(18)9-20-11(2)16(19-17(10)20)12-5-6-14(21-3)15(8-12)22-4/h5-6,8,10,13H,7,9,18H2,1-4H3. The van der Waals surface area contributed by atoms with Gasteiger partial charge in [-0.1, -0.05) is 6.92 Å². The van der Waals surface area contributed by atoms with Crippen molar-refractivity contribution in [3.63, 3.8) is 0 Å². The van der Waals surface area contributed by atoms with Gasteiger partial charge in [-0.05, 0) is 31.5 Å². The number of rotatable bonds is 3. The number of methoxy groups -OCH3 is 2. The maximum absolute atomic E-state index is 6.16. The molecule has 118 valence electrons. The first-order valence-electron chi connectivity index (χ1n) is 7.60. The quantitative estimate of drug-likeness (QED) is 0.947. The third-order valence-corrected chi connectivity index (χ3v) is 4.42. The molecule has 2 aromatic rings. The SMILES string of the molecule is COc1ccc(-c2nc3n(c2C)CC(N)CC3C)cc1OC. The van der Waals surface area contributed by atoms with Gasteiger partial charge in [-0.3, -0.25) is 0 Å². The lowest BCUT2D eigenvalue weighted by atomic mass is 9.98. The fourth-order valence-electron chi connectivity index (χ4n) is 3.29. The van der Waals surface area contributed by atoms with Crippen molar-refractivity contribution in [2.24, 2.45) is 5.73 Å². The van der Waals surface area contributed by atoms with Gasteiger partial charge in [0.25, 0.3) is 0 Å². The fourth-order valence-corrected chi connectivity index (χ4v) is 3.29. The van der Waals surface area contributed by atoms with Crippen molar-refractivity contribution in [1.29, 1.82) is 0 Å². The lowest BCUT2D eigenvalue weighted by Crippen LogP contribution is -2.34. The second kappa shape index (κ2) is 5.65. The van der Waals surface area contributed by atoms with Gasteiger partial charge in [-0.15, -0.1) is 0 Å². The van der Waals surface area contributed by atoms with Crippen LogP contribution in [-0.2, 0) is 6.54 Å². The van der Waals surface area contributed by atoms with E-state index in [1.54, 1.807) is 14.2 Å². The van der Waals surface area contributed by atoms with Gasteiger partial charge in [-0.25, -0.2) is 4.98 Å². The van der Waals surface area contributed by atoms with Gasteiger partial charge in [0, 0.05) is 29.8 Å². The number of hydrogen-bond donors (Lipinski definition) is 1. The van der Waals surface area contributed by atoms with Crippen LogP contribution in [0.2, 0.25) is 0 Å². The summed E-state index contributed by atoms with van der Waals surface area (Å²) in [5, 5.41) is 0. The van der Waals surface area contributed by atoms with Gasteiger partial charge < -0.3 is 19.8 Å². The van der Waals surface area contributed by atoms with E-state index in [9.17, 15) is 0 Å². The monoisotopic (exact) mass is 301 g/mol. The summed E-state index contributed by atoms with van der Waals surface area (Å²) in [5.74, 6) is 2.96. The lowest BCUT2D eigenvalue weighted by molar-refractivity contribution is 0.355. The van der Waals surface area contributed by atoms with Gasteiger partial charge in [0.05, 0.1) is 19.9 Å². The molecule has 0 saturated carbocycles. The second-order valence-electron chi connectivity index (χ2n) is 5.98. The molecule has 0 bridgehead atoms. The highest BCUT2D eigenvalue weighted by Gasteiger charge is 2.27. The summed E-state index contributed by atoms with van der Waals surface area (Å²) in [6, 6.07) is 6.12. The summed E-state index contributed by atoms with van der Waals surface area (Å²) >= 11 is 0. The molecular weight excluding hydrogens is 278 g/mol. The van der Waals surface area contributed by atoms with E-state index in [1.807, 2.05) is 18.2 Å². The molecule has 1 aliphatic rings. The summed E-state index contributed by atoms with van der Waals surface area (Å²) < 4.78 is 13.0. The Morgan fingerprint density at radius 1 is 1.23 bits per heavy atom. The van der Waals surface area contributed by atoms with E-state index in [2.05, 4.69) is 18.4 Å². The Morgan fingerprint density at radius 2 is 1.95 bits per heavy atom. The van der Waals surface area contributed by atoms with Crippen LogP contribution in [0.15, 0.2) is 18.2 Å². The molecule has 2 N–H and O–H groups in total. The molecule has 2 heterocycles. The minimum atomic E-state index is 0.202. The molecule has 1 aromatic heterocycles. The maximum Gasteiger partial charge on any atom is 0.161 e. The van der Waals surface area contributed by atoms with Crippen LogP contribution in [0, 0.1) is 6.92 Å². The van der Waals surface area contributed by atoms with Crippen molar-refractivity contribution in [3.8, 4) is 22.8 Å². The molecule has 1 aliphatic heterocycles. The average Bonchev–Trinajstić information content (AvgIpc) is 2.84. The van der Waals surface area contributed by atoms with Crippen molar-refractivity contribution >= 4 is 0 Å². The van der Waals surface area contributed by atoms with Crippen LogP contribution >= 0.6 is 0 Å². The van der Waals surface area contributed by atoms with Crippen LogP contribution < -0.4 is 15.2 Å². The molecule has 2 atom stereocenters. The van der Waals surface area contributed by atoms with Crippen LogP contribution in [-0.4, -0.2) is 29.8 Å². The Balaban J connectivity index is 2.08. The first-order valence-corrected chi connectivity index (χ1v) is 7.60. The topological polar surface area (TPSA) is 62.3 Å². The Kier molecular flexibility index (Phi) is 3.83. The summed E-state index contributed by atoms with van der Waals surface area (Å²) in [4.78, 5) is 4.88. The number of nitrogens with two attached hydrogens (primary N) is 1. The number of benzene rings is 1. The normalized spacial score (nSPS) is 20.6. The molecule has 0 fully saturated rings. The number of fused-ring (bicyclic) bond motifs is 1. The van der Waals surface area contributed by atoms with Crippen molar-refractivity contribution in [3.05, 3.63) is 29.7 Å². The zero-order valence-electron chi connectivity index (χ0n) is 13.6. The molecule has 1 aromatic carbocycles. The average molecular weight is 301 g/mol. The molecule has 22 heavy (non-hydrogen) atoms. The molecule has 5 nitrogen and oxygen atoms in total. The number of nitrogens with zero attached hydrogens (tertiary/aromatic N) is 2. The van der Waals surface area contributed by atoms with Crippen molar-refractivity contribution in [1.82, 2.24) is 9.55 Å². The minimum absolute atomic E-state index is 0.202. The predicted molar refractivity (Wildman–Crippen MR) is 86.5 cm³/mol. The summed E-state index contributed by atoms with van der Waals surface area (Å²) in [7, 11) is 3.29. The lowest BCUT2D eigenvalue weighted by Gasteiger charge is -2.26. The van der Waals surface area contributed by atoms with Crippen molar-refractivity contribution in [2.75, 3.05) is 14.2 Å². The summed E-state index contributed by atoms with van der Waals surface area (Å²) in [6.07, 6.45) is 0.988. The Bertz CT molecular complexity index is 693. The van der Waals surface area contributed by atoms with Gasteiger partial charge >= 0.3 is 0 Å². The van der Waals surface area contributed by atoms with E-state index in [4.69, 9.17) is 20.2 Å². The highest BCUT2D eigenvalue weighted by Crippen LogP contribution is 2.36. The first-order chi connectivity index (χ1) is 10.5. The molecular formula is C17H23N3O2. The Morgan fingerprint density at radius 3 is 2.64 bits per heavy atom. The molecule has 0 radical (unpaired) electrons. The van der Waals surface area contributed by atoms with E-state index in [0.29, 0.717) is 5.92 Å². The second-order valence-corrected chi connectivity index (χ2v) is 5.98.